The number of benzene rings is 1. The molecule has 0 aliphatic rings. The van der Waals surface area contributed by atoms with E-state index in [1.807, 2.05) is 24.3 Å². The number of carbonyl (C=O) groups is 1. The van der Waals surface area contributed by atoms with Gasteiger partial charge in [-0.05, 0) is 30.8 Å². The third-order valence-electron chi connectivity index (χ3n) is 2.84. The normalized spacial score (nSPS) is 10.6. The highest BCUT2D eigenvalue weighted by Gasteiger charge is 2.08. The Morgan fingerprint density at radius 2 is 2.12 bits per heavy atom. The molecule has 2 N–H and O–H groups in total. The van der Waals surface area contributed by atoms with Crippen molar-refractivity contribution in [1.82, 2.24) is 4.98 Å². The lowest BCUT2D eigenvalue weighted by atomic mass is 10.00. The first kappa shape index (κ1) is 11.7. The molecule has 1 heterocycles. The molecule has 2 aromatic rings. The summed E-state index contributed by atoms with van der Waals surface area (Å²) in [6.45, 7) is 0.646. The highest BCUT2D eigenvalue weighted by atomic mass is 16.1. The molecule has 0 saturated carbocycles. The van der Waals surface area contributed by atoms with E-state index in [1.165, 1.54) is 0 Å². The standard InChI is InChI=1S/C14H16N2O/c15-8-2-1-6-14(17)13-5-3-4-11-10-16-9-7-12(11)13/h3-5,7,9-10H,1-2,6,8,15H2. The van der Waals surface area contributed by atoms with E-state index in [-0.39, 0.29) is 5.78 Å². The number of ketones is 1. The largest absolute Gasteiger partial charge is 0.330 e. The van der Waals surface area contributed by atoms with Crippen molar-refractivity contribution in [3.63, 3.8) is 0 Å². The van der Waals surface area contributed by atoms with Crippen LogP contribution in [0.4, 0.5) is 0 Å². The Balaban J connectivity index is 2.26. The average molecular weight is 228 g/mol. The molecule has 0 fully saturated rings. The van der Waals surface area contributed by atoms with Gasteiger partial charge in [-0.3, -0.25) is 9.78 Å². The van der Waals surface area contributed by atoms with Crippen LogP contribution in [0.5, 0.6) is 0 Å². The van der Waals surface area contributed by atoms with Crippen molar-refractivity contribution < 1.29 is 4.79 Å². The van der Waals surface area contributed by atoms with Crippen molar-refractivity contribution >= 4 is 16.6 Å². The fraction of sp³-hybridized carbons (Fsp3) is 0.286. The SMILES string of the molecule is NCCCCC(=O)c1cccc2cnccc12. The van der Waals surface area contributed by atoms with E-state index >= 15 is 0 Å². The zero-order chi connectivity index (χ0) is 12.1. The van der Waals surface area contributed by atoms with Crippen LogP contribution in [0.25, 0.3) is 10.8 Å². The summed E-state index contributed by atoms with van der Waals surface area (Å²) in [6.07, 6.45) is 5.83. The summed E-state index contributed by atoms with van der Waals surface area (Å²) in [5.41, 5.74) is 6.22. The highest BCUT2D eigenvalue weighted by molar-refractivity contribution is 6.07. The van der Waals surface area contributed by atoms with Gasteiger partial charge in [-0.1, -0.05) is 18.2 Å². The summed E-state index contributed by atoms with van der Waals surface area (Å²) in [5, 5.41) is 2.00. The number of carbonyl (C=O) groups excluding carboxylic acids is 1. The van der Waals surface area contributed by atoms with E-state index in [4.69, 9.17) is 5.73 Å². The molecule has 3 nitrogen and oxygen atoms in total. The van der Waals surface area contributed by atoms with Gasteiger partial charge in [-0.25, -0.2) is 0 Å². The summed E-state index contributed by atoms with van der Waals surface area (Å²) in [6, 6.07) is 7.65. The maximum Gasteiger partial charge on any atom is 0.163 e. The molecule has 0 unspecified atom stereocenters. The van der Waals surface area contributed by atoms with Crippen LogP contribution in [-0.4, -0.2) is 17.3 Å². The molecule has 0 atom stereocenters. The van der Waals surface area contributed by atoms with Gasteiger partial charge in [0.15, 0.2) is 5.78 Å². The molecule has 0 saturated heterocycles. The molecule has 0 spiro atoms. The minimum atomic E-state index is 0.190. The van der Waals surface area contributed by atoms with Gasteiger partial charge < -0.3 is 5.73 Å². The predicted octanol–water partition coefficient (Wildman–Crippen LogP) is 2.55. The minimum absolute atomic E-state index is 0.190. The molecule has 17 heavy (non-hydrogen) atoms. The van der Waals surface area contributed by atoms with Crippen LogP contribution in [0.15, 0.2) is 36.7 Å². The molecular weight excluding hydrogens is 212 g/mol. The number of Topliss-reactive ketones (excluding diaryl/α,β-unsaturated/α-hetero) is 1. The highest BCUT2D eigenvalue weighted by Crippen LogP contribution is 2.19. The number of fused-ring (bicyclic) bond motifs is 1. The second-order valence-electron chi connectivity index (χ2n) is 4.07. The van der Waals surface area contributed by atoms with Crippen LogP contribution >= 0.6 is 0 Å². The van der Waals surface area contributed by atoms with Gasteiger partial charge in [0, 0.05) is 29.8 Å². The van der Waals surface area contributed by atoms with Crippen molar-refractivity contribution in [2.24, 2.45) is 5.73 Å². The van der Waals surface area contributed by atoms with Gasteiger partial charge >= 0.3 is 0 Å². The Bertz CT molecular complexity index is 517. The number of nitrogens with two attached hydrogens (primary N) is 1. The number of pyridine rings is 1. The van der Waals surface area contributed by atoms with E-state index in [0.717, 1.165) is 29.2 Å². The summed E-state index contributed by atoms with van der Waals surface area (Å²) in [4.78, 5) is 16.1. The summed E-state index contributed by atoms with van der Waals surface area (Å²) >= 11 is 0. The molecule has 1 aromatic carbocycles. The van der Waals surface area contributed by atoms with Crippen LogP contribution in [0.1, 0.15) is 29.6 Å². The number of unbranched alkanes of at least 4 members (excludes halogenated alkanes) is 1. The number of hydrogen-bond donors (Lipinski definition) is 1. The summed E-state index contributed by atoms with van der Waals surface area (Å²) in [5.74, 6) is 0.190. The fourth-order valence-electron chi connectivity index (χ4n) is 1.93. The Morgan fingerprint density at radius 3 is 2.94 bits per heavy atom. The zero-order valence-corrected chi connectivity index (χ0v) is 9.73. The Kier molecular flexibility index (Phi) is 3.83. The molecule has 0 bridgehead atoms. The van der Waals surface area contributed by atoms with Crippen molar-refractivity contribution in [3.8, 4) is 0 Å². The molecule has 0 aliphatic carbocycles. The van der Waals surface area contributed by atoms with Gasteiger partial charge in [-0.15, -0.1) is 0 Å². The van der Waals surface area contributed by atoms with Crippen LogP contribution < -0.4 is 5.73 Å². The first-order chi connectivity index (χ1) is 8.33. The minimum Gasteiger partial charge on any atom is -0.330 e. The van der Waals surface area contributed by atoms with E-state index in [0.29, 0.717) is 13.0 Å². The maximum atomic E-state index is 12.1. The van der Waals surface area contributed by atoms with Crippen LogP contribution in [-0.2, 0) is 0 Å². The number of hydrogen-bond acceptors (Lipinski definition) is 3. The summed E-state index contributed by atoms with van der Waals surface area (Å²) < 4.78 is 0. The molecular formula is C14H16N2O. The van der Waals surface area contributed by atoms with Gasteiger partial charge in [0.1, 0.15) is 0 Å². The van der Waals surface area contributed by atoms with Gasteiger partial charge in [0.05, 0.1) is 0 Å². The van der Waals surface area contributed by atoms with Crippen molar-refractivity contribution in [1.29, 1.82) is 0 Å². The monoisotopic (exact) mass is 228 g/mol. The molecule has 3 heteroatoms. The van der Waals surface area contributed by atoms with E-state index in [9.17, 15) is 4.79 Å². The van der Waals surface area contributed by atoms with Crippen LogP contribution in [0, 0.1) is 0 Å². The Morgan fingerprint density at radius 1 is 1.24 bits per heavy atom. The zero-order valence-electron chi connectivity index (χ0n) is 9.73. The lowest BCUT2D eigenvalue weighted by Gasteiger charge is -2.05. The molecule has 0 amide bonds. The quantitative estimate of drug-likeness (QED) is 0.632. The topological polar surface area (TPSA) is 56.0 Å². The number of nitrogens with zero attached hydrogens (tertiary/aromatic N) is 1. The lowest BCUT2D eigenvalue weighted by molar-refractivity contribution is 0.0981. The first-order valence-electron chi connectivity index (χ1n) is 5.89. The summed E-state index contributed by atoms with van der Waals surface area (Å²) in [7, 11) is 0. The molecule has 0 aliphatic heterocycles. The third kappa shape index (κ3) is 2.68. The first-order valence-corrected chi connectivity index (χ1v) is 5.89. The van der Waals surface area contributed by atoms with Crippen LogP contribution in [0.3, 0.4) is 0 Å². The van der Waals surface area contributed by atoms with Gasteiger partial charge in [0.25, 0.3) is 0 Å². The fourth-order valence-corrected chi connectivity index (χ4v) is 1.93. The predicted molar refractivity (Wildman–Crippen MR) is 69.0 cm³/mol. The second kappa shape index (κ2) is 5.55. The Hall–Kier alpha value is -1.74. The lowest BCUT2D eigenvalue weighted by Crippen LogP contribution is -2.03. The Labute approximate surface area is 101 Å². The number of aromatic nitrogens is 1. The molecule has 1 aromatic heterocycles. The second-order valence-corrected chi connectivity index (χ2v) is 4.07. The number of rotatable bonds is 5. The molecule has 2 rings (SSSR count). The van der Waals surface area contributed by atoms with Crippen LogP contribution in [0.2, 0.25) is 0 Å². The maximum absolute atomic E-state index is 12.1. The third-order valence-corrected chi connectivity index (χ3v) is 2.84. The van der Waals surface area contributed by atoms with Gasteiger partial charge in [-0.2, -0.15) is 0 Å². The smallest absolute Gasteiger partial charge is 0.163 e. The van der Waals surface area contributed by atoms with Crippen molar-refractivity contribution in [2.75, 3.05) is 6.54 Å². The van der Waals surface area contributed by atoms with E-state index in [2.05, 4.69) is 4.98 Å². The molecule has 88 valence electrons. The van der Waals surface area contributed by atoms with Gasteiger partial charge in [0.2, 0.25) is 0 Å². The van der Waals surface area contributed by atoms with Crippen molar-refractivity contribution in [2.45, 2.75) is 19.3 Å². The molecule has 0 radical (unpaired) electrons. The average Bonchev–Trinajstić information content (AvgIpc) is 2.38. The van der Waals surface area contributed by atoms with Crippen molar-refractivity contribution in [3.05, 3.63) is 42.2 Å². The van der Waals surface area contributed by atoms with E-state index < -0.39 is 0 Å². The van der Waals surface area contributed by atoms with E-state index in [1.54, 1.807) is 12.4 Å².